The quantitative estimate of drug-likeness (QED) is 0.685. The summed E-state index contributed by atoms with van der Waals surface area (Å²) in [6.07, 6.45) is -0.584. The fraction of sp³-hybridized carbons (Fsp3) is 0.0588. The highest BCUT2D eigenvalue weighted by molar-refractivity contribution is 7.21. The number of halogens is 1. The Morgan fingerprint density at radius 3 is 2.62 bits per heavy atom. The second-order valence-electron chi connectivity index (χ2n) is 4.95. The van der Waals surface area contributed by atoms with E-state index in [1.54, 1.807) is 18.2 Å². The molecule has 0 aliphatic rings. The topological polar surface area (TPSA) is 75.6 Å². The standard InChI is InChI=1S/C17H12ClNO4S/c18-14-12-7-6-11(8-13(12)24-15(14)16(20)21)19-17(22)23-9-10-4-2-1-3-5-10/h1-8H,9H2,(H,19,22)(H,20,21). The number of carboxylic acid groups (broad SMARTS) is 1. The second-order valence-corrected chi connectivity index (χ2v) is 6.38. The molecule has 0 atom stereocenters. The molecule has 0 fully saturated rings. The van der Waals surface area contributed by atoms with Crippen molar-refractivity contribution < 1.29 is 19.4 Å². The van der Waals surface area contributed by atoms with Crippen molar-refractivity contribution in [1.82, 2.24) is 0 Å². The molecule has 0 saturated carbocycles. The van der Waals surface area contributed by atoms with Crippen molar-refractivity contribution in [3.05, 3.63) is 64.0 Å². The monoisotopic (exact) mass is 361 g/mol. The number of amides is 1. The summed E-state index contributed by atoms with van der Waals surface area (Å²) in [7, 11) is 0. The fourth-order valence-corrected chi connectivity index (χ4v) is 3.55. The van der Waals surface area contributed by atoms with Gasteiger partial charge in [-0.05, 0) is 23.8 Å². The maximum atomic E-state index is 11.9. The minimum Gasteiger partial charge on any atom is -0.477 e. The van der Waals surface area contributed by atoms with Crippen molar-refractivity contribution in [3.8, 4) is 0 Å². The minimum atomic E-state index is -1.07. The van der Waals surface area contributed by atoms with Gasteiger partial charge in [-0.2, -0.15) is 0 Å². The highest BCUT2D eigenvalue weighted by Crippen LogP contribution is 2.36. The summed E-state index contributed by atoms with van der Waals surface area (Å²) in [5.41, 5.74) is 1.40. The van der Waals surface area contributed by atoms with Gasteiger partial charge in [0.1, 0.15) is 11.5 Å². The molecule has 0 bridgehead atoms. The van der Waals surface area contributed by atoms with E-state index < -0.39 is 12.1 Å². The third-order valence-electron chi connectivity index (χ3n) is 3.28. The van der Waals surface area contributed by atoms with Crippen molar-refractivity contribution in [3.63, 3.8) is 0 Å². The first-order valence-corrected chi connectivity index (χ1v) is 8.17. The van der Waals surface area contributed by atoms with Gasteiger partial charge in [-0.15, -0.1) is 11.3 Å². The Bertz CT molecular complexity index is 908. The Hall–Kier alpha value is -2.57. The van der Waals surface area contributed by atoms with Gasteiger partial charge in [0.15, 0.2) is 0 Å². The lowest BCUT2D eigenvalue weighted by atomic mass is 10.2. The number of anilines is 1. The predicted molar refractivity (Wildman–Crippen MR) is 94.0 cm³/mol. The molecule has 5 nitrogen and oxygen atoms in total. The molecule has 0 spiro atoms. The molecule has 7 heteroatoms. The highest BCUT2D eigenvalue weighted by Gasteiger charge is 2.16. The molecule has 0 radical (unpaired) electrons. The lowest BCUT2D eigenvalue weighted by Gasteiger charge is -2.07. The van der Waals surface area contributed by atoms with Crippen LogP contribution in [0.5, 0.6) is 0 Å². The van der Waals surface area contributed by atoms with Gasteiger partial charge in [-0.25, -0.2) is 9.59 Å². The maximum Gasteiger partial charge on any atom is 0.411 e. The van der Waals surface area contributed by atoms with Crippen LogP contribution in [-0.2, 0) is 11.3 Å². The summed E-state index contributed by atoms with van der Waals surface area (Å²) in [6.45, 7) is 0.170. The third kappa shape index (κ3) is 3.50. The number of fused-ring (bicyclic) bond motifs is 1. The number of hydrogen-bond acceptors (Lipinski definition) is 4. The first kappa shape index (κ1) is 16.3. The van der Waals surface area contributed by atoms with Crippen LogP contribution >= 0.6 is 22.9 Å². The summed E-state index contributed by atoms with van der Waals surface area (Å²) in [6, 6.07) is 14.3. The molecule has 3 aromatic rings. The normalized spacial score (nSPS) is 10.5. The van der Waals surface area contributed by atoms with Crippen LogP contribution in [-0.4, -0.2) is 17.2 Å². The zero-order chi connectivity index (χ0) is 17.1. The number of carbonyl (C=O) groups excluding carboxylic acids is 1. The molecule has 0 aliphatic heterocycles. The van der Waals surface area contributed by atoms with E-state index >= 15 is 0 Å². The summed E-state index contributed by atoms with van der Waals surface area (Å²) >= 11 is 7.11. The molecular weight excluding hydrogens is 350 g/mol. The molecular formula is C17H12ClNO4S. The number of benzene rings is 2. The first-order valence-electron chi connectivity index (χ1n) is 6.97. The van der Waals surface area contributed by atoms with Gasteiger partial charge in [0, 0.05) is 15.8 Å². The van der Waals surface area contributed by atoms with Crippen LogP contribution in [0.15, 0.2) is 48.5 Å². The van der Waals surface area contributed by atoms with Gasteiger partial charge in [-0.3, -0.25) is 5.32 Å². The van der Waals surface area contributed by atoms with Crippen molar-refractivity contribution in [2.75, 3.05) is 5.32 Å². The first-order chi connectivity index (χ1) is 11.5. The molecule has 0 unspecified atom stereocenters. The van der Waals surface area contributed by atoms with E-state index in [0.717, 1.165) is 16.9 Å². The SMILES string of the molecule is O=C(Nc1ccc2c(Cl)c(C(=O)O)sc2c1)OCc1ccccc1. The van der Waals surface area contributed by atoms with Crippen LogP contribution in [0.1, 0.15) is 15.2 Å². The molecule has 24 heavy (non-hydrogen) atoms. The van der Waals surface area contributed by atoms with Crippen molar-refractivity contribution in [2.24, 2.45) is 0 Å². The maximum absolute atomic E-state index is 11.9. The Balaban J connectivity index is 1.71. The summed E-state index contributed by atoms with van der Waals surface area (Å²) < 4.78 is 5.82. The van der Waals surface area contributed by atoms with Gasteiger partial charge in [-0.1, -0.05) is 41.9 Å². The number of hydrogen-bond donors (Lipinski definition) is 2. The van der Waals surface area contributed by atoms with E-state index in [-0.39, 0.29) is 16.5 Å². The van der Waals surface area contributed by atoms with Crippen LogP contribution in [0.3, 0.4) is 0 Å². The van der Waals surface area contributed by atoms with E-state index in [2.05, 4.69) is 5.32 Å². The number of aromatic carboxylic acids is 1. The highest BCUT2D eigenvalue weighted by atomic mass is 35.5. The Kier molecular flexibility index (Phi) is 4.69. The average molecular weight is 362 g/mol. The summed E-state index contributed by atoms with van der Waals surface area (Å²) in [5.74, 6) is -1.07. The Labute approximate surface area is 146 Å². The van der Waals surface area contributed by atoms with E-state index in [0.29, 0.717) is 15.8 Å². The van der Waals surface area contributed by atoms with E-state index in [1.807, 2.05) is 30.3 Å². The smallest absolute Gasteiger partial charge is 0.411 e. The van der Waals surface area contributed by atoms with Crippen molar-refractivity contribution in [2.45, 2.75) is 6.61 Å². The Morgan fingerprint density at radius 1 is 1.17 bits per heavy atom. The third-order valence-corrected chi connectivity index (χ3v) is 4.93. The lowest BCUT2D eigenvalue weighted by Crippen LogP contribution is -2.13. The van der Waals surface area contributed by atoms with Crippen LogP contribution in [0.25, 0.3) is 10.1 Å². The van der Waals surface area contributed by atoms with Gasteiger partial charge < -0.3 is 9.84 Å². The summed E-state index contributed by atoms with van der Waals surface area (Å²) in [5, 5.41) is 12.6. The predicted octanol–water partition coefficient (Wildman–Crippen LogP) is 5.00. The molecule has 1 amide bonds. The second kappa shape index (κ2) is 6.90. The molecule has 1 heterocycles. The molecule has 1 aromatic heterocycles. The van der Waals surface area contributed by atoms with Crippen molar-refractivity contribution in [1.29, 1.82) is 0 Å². The number of carboxylic acids is 1. The molecule has 3 rings (SSSR count). The Morgan fingerprint density at radius 2 is 1.92 bits per heavy atom. The lowest BCUT2D eigenvalue weighted by molar-refractivity contribution is 0.0702. The van der Waals surface area contributed by atoms with E-state index in [9.17, 15) is 9.59 Å². The zero-order valence-electron chi connectivity index (χ0n) is 12.3. The zero-order valence-corrected chi connectivity index (χ0v) is 13.9. The molecule has 2 N–H and O–H groups in total. The number of rotatable bonds is 4. The van der Waals surface area contributed by atoms with E-state index in [1.165, 1.54) is 0 Å². The van der Waals surface area contributed by atoms with Crippen LogP contribution in [0.2, 0.25) is 5.02 Å². The molecule has 2 aromatic carbocycles. The molecule has 122 valence electrons. The summed E-state index contributed by atoms with van der Waals surface area (Å²) in [4.78, 5) is 23.0. The van der Waals surface area contributed by atoms with Crippen molar-refractivity contribution >= 4 is 50.8 Å². The largest absolute Gasteiger partial charge is 0.477 e. The minimum absolute atomic E-state index is 0.0791. The average Bonchev–Trinajstić information content (AvgIpc) is 2.90. The van der Waals surface area contributed by atoms with Gasteiger partial charge in [0.05, 0.1) is 5.02 Å². The van der Waals surface area contributed by atoms with Crippen LogP contribution < -0.4 is 5.32 Å². The number of carbonyl (C=O) groups is 2. The van der Waals surface area contributed by atoms with Crippen LogP contribution in [0.4, 0.5) is 10.5 Å². The number of ether oxygens (including phenoxy) is 1. The molecule has 0 aliphatic carbocycles. The van der Waals surface area contributed by atoms with E-state index in [4.69, 9.17) is 21.4 Å². The fourth-order valence-electron chi connectivity index (χ4n) is 2.16. The van der Waals surface area contributed by atoms with Gasteiger partial charge >= 0.3 is 12.1 Å². The van der Waals surface area contributed by atoms with Gasteiger partial charge in [0.25, 0.3) is 0 Å². The number of thiophene rings is 1. The van der Waals surface area contributed by atoms with Gasteiger partial charge in [0.2, 0.25) is 0 Å². The molecule has 0 saturated heterocycles. The van der Waals surface area contributed by atoms with Crippen LogP contribution in [0, 0.1) is 0 Å². The number of nitrogens with one attached hydrogen (secondary N) is 1.